The second-order valence-electron chi connectivity index (χ2n) is 5.37. The summed E-state index contributed by atoms with van der Waals surface area (Å²) in [6.45, 7) is 6.99. The fourth-order valence-corrected chi connectivity index (χ4v) is 2.48. The van der Waals surface area contributed by atoms with Crippen LogP contribution in [0.25, 0.3) is 0 Å². The maximum absolute atomic E-state index is 5.43. The van der Waals surface area contributed by atoms with E-state index >= 15 is 0 Å². The minimum atomic E-state index is -0.492. The van der Waals surface area contributed by atoms with Crippen molar-refractivity contribution in [1.29, 1.82) is 0 Å². The van der Waals surface area contributed by atoms with Gasteiger partial charge in [-0.2, -0.15) is 4.98 Å². The van der Waals surface area contributed by atoms with Gasteiger partial charge in [-0.15, -0.1) is 0 Å². The molecule has 1 heterocycles. The van der Waals surface area contributed by atoms with Crippen LogP contribution in [-0.4, -0.2) is 29.8 Å². The Bertz CT molecular complexity index is 389. The van der Waals surface area contributed by atoms with Gasteiger partial charge in [0.15, 0.2) is 0 Å². The van der Waals surface area contributed by atoms with Crippen molar-refractivity contribution in [2.75, 3.05) is 13.7 Å². The Labute approximate surface area is 108 Å². The van der Waals surface area contributed by atoms with Crippen molar-refractivity contribution in [2.24, 2.45) is 0 Å². The predicted octanol–water partition coefficient (Wildman–Crippen LogP) is 2.20. The molecule has 0 spiro atoms. The highest BCUT2D eigenvalue weighted by Crippen LogP contribution is 2.34. The molecular formula is C13H23N3O2. The van der Waals surface area contributed by atoms with Crippen LogP contribution in [0.3, 0.4) is 0 Å². The Hall–Kier alpha value is -0.940. The molecule has 1 fully saturated rings. The fourth-order valence-electron chi connectivity index (χ4n) is 2.48. The van der Waals surface area contributed by atoms with E-state index in [1.54, 1.807) is 7.11 Å². The van der Waals surface area contributed by atoms with E-state index in [-0.39, 0.29) is 0 Å². The minimum absolute atomic E-state index is 0.346. The van der Waals surface area contributed by atoms with E-state index in [1.807, 2.05) is 13.8 Å². The van der Waals surface area contributed by atoms with Crippen LogP contribution >= 0.6 is 0 Å². The van der Waals surface area contributed by atoms with Crippen LogP contribution in [0.4, 0.5) is 0 Å². The number of aromatic nitrogens is 2. The number of methoxy groups -OCH3 is 1. The SMILES string of the molecule is CCNC1CCCC1c1nc(C(C)(C)OC)no1. The molecule has 0 aromatic carbocycles. The van der Waals surface area contributed by atoms with Gasteiger partial charge in [0.25, 0.3) is 0 Å². The Morgan fingerprint density at radius 1 is 1.44 bits per heavy atom. The molecule has 0 amide bonds. The van der Waals surface area contributed by atoms with Gasteiger partial charge in [-0.1, -0.05) is 18.5 Å². The number of hydrogen-bond donors (Lipinski definition) is 1. The van der Waals surface area contributed by atoms with E-state index in [1.165, 1.54) is 12.8 Å². The van der Waals surface area contributed by atoms with Crippen molar-refractivity contribution in [3.8, 4) is 0 Å². The molecule has 5 heteroatoms. The lowest BCUT2D eigenvalue weighted by atomic mass is 10.0. The molecule has 2 rings (SSSR count). The van der Waals surface area contributed by atoms with Gasteiger partial charge >= 0.3 is 0 Å². The standard InChI is InChI=1S/C13H23N3O2/c1-5-14-10-8-6-7-9(10)11-15-12(16-18-11)13(2,3)17-4/h9-10,14H,5-8H2,1-4H3. The number of hydrogen-bond acceptors (Lipinski definition) is 5. The van der Waals surface area contributed by atoms with E-state index in [0.29, 0.717) is 17.8 Å². The monoisotopic (exact) mass is 253 g/mol. The molecule has 18 heavy (non-hydrogen) atoms. The molecule has 1 aliphatic rings. The maximum atomic E-state index is 5.43. The molecule has 1 saturated carbocycles. The first-order valence-corrected chi connectivity index (χ1v) is 6.71. The van der Waals surface area contributed by atoms with Crippen molar-refractivity contribution in [1.82, 2.24) is 15.5 Å². The van der Waals surface area contributed by atoms with Crippen molar-refractivity contribution in [2.45, 2.75) is 57.6 Å². The van der Waals surface area contributed by atoms with Gasteiger partial charge in [-0.3, -0.25) is 0 Å². The molecule has 0 bridgehead atoms. The third-order valence-corrected chi connectivity index (χ3v) is 3.79. The summed E-state index contributed by atoms with van der Waals surface area (Å²) in [5.74, 6) is 1.72. The second kappa shape index (κ2) is 5.36. The molecule has 2 unspecified atom stereocenters. The molecule has 1 N–H and O–H groups in total. The van der Waals surface area contributed by atoms with Gasteiger partial charge in [-0.05, 0) is 33.2 Å². The van der Waals surface area contributed by atoms with Gasteiger partial charge in [-0.25, -0.2) is 0 Å². The zero-order chi connectivity index (χ0) is 13.2. The van der Waals surface area contributed by atoms with Crippen LogP contribution in [0, 0.1) is 0 Å². The van der Waals surface area contributed by atoms with Crippen LogP contribution in [0.1, 0.15) is 57.7 Å². The molecule has 0 saturated heterocycles. The molecule has 2 atom stereocenters. The topological polar surface area (TPSA) is 60.2 Å². The average molecular weight is 253 g/mol. The highest BCUT2D eigenvalue weighted by atomic mass is 16.5. The lowest BCUT2D eigenvalue weighted by Gasteiger charge is -2.18. The first-order chi connectivity index (χ1) is 8.58. The summed E-state index contributed by atoms with van der Waals surface area (Å²) in [4.78, 5) is 4.52. The van der Waals surface area contributed by atoms with E-state index in [2.05, 4.69) is 22.4 Å². The largest absolute Gasteiger partial charge is 0.371 e. The zero-order valence-corrected chi connectivity index (χ0v) is 11.7. The van der Waals surface area contributed by atoms with E-state index < -0.39 is 5.60 Å². The van der Waals surface area contributed by atoms with E-state index in [9.17, 15) is 0 Å². The zero-order valence-electron chi connectivity index (χ0n) is 11.7. The highest BCUT2D eigenvalue weighted by molar-refractivity contribution is 5.05. The normalized spacial score (nSPS) is 24.7. The summed E-state index contributed by atoms with van der Waals surface area (Å²) in [7, 11) is 1.66. The van der Waals surface area contributed by atoms with Crippen LogP contribution in [-0.2, 0) is 10.3 Å². The number of ether oxygens (including phenoxy) is 1. The highest BCUT2D eigenvalue weighted by Gasteiger charge is 2.34. The predicted molar refractivity (Wildman–Crippen MR) is 68.4 cm³/mol. The van der Waals surface area contributed by atoms with Gasteiger partial charge in [0.05, 0.1) is 5.92 Å². The first kappa shape index (κ1) is 13.5. The quantitative estimate of drug-likeness (QED) is 0.871. The van der Waals surface area contributed by atoms with Crippen molar-refractivity contribution in [3.63, 3.8) is 0 Å². The average Bonchev–Trinajstić information content (AvgIpc) is 2.97. The van der Waals surface area contributed by atoms with Gasteiger partial charge in [0.2, 0.25) is 11.7 Å². The molecule has 1 aromatic heterocycles. The summed E-state index contributed by atoms with van der Waals surface area (Å²) < 4.78 is 10.8. The lowest BCUT2D eigenvalue weighted by Crippen LogP contribution is -2.31. The summed E-state index contributed by atoms with van der Waals surface area (Å²) >= 11 is 0. The van der Waals surface area contributed by atoms with E-state index in [4.69, 9.17) is 9.26 Å². The number of likely N-dealkylation sites (N-methyl/N-ethyl adjacent to an activating group) is 1. The Kier molecular flexibility index (Phi) is 4.02. The summed E-state index contributed by atoms with van der Waals surface area (Å²) in [5, 5.41) is 7.55. The Balaban J connectivity index is 2.14. The smallest absolute Gasteiger partial charge is 0.231 e. The number of nitrogens with one attached hydrogen (secondary N) is 1. The lowest BCUT2D eigenvalue weighted by molar-refractivity contribution is 0.00973. The van der Waals surface area contributed by atoms with Gasteiger partial charge < -0.3 is 14.6 Å². The molecule has 1 aliphatic carbocycles. The van der Waals surface area contributed by atoms with E-state index in [0.717, 1.165) is 18.9 Å². The number of rotatable bonds is 5. The first-order valence-electron chi connectivity index (χ1n) is 6.71. The van der Waals surface area contributed by atoms with Gasteiger partial charge in [0, 0.05) is 13.2 Å². The van der Waals surface area contributed by atoms with Crippen LogP contribution in [0.2, 0.25) is 0 Å². The van der Waals surface area contributed by atoms with Crippen LogP contribution in [0.15, 0.2) is 4.52 Å². The molecule has 0 aliphatic heterocycles. The third-order valence-electron chi connectivity index (χ3n) is 3.79. The van der Waals surface area contributed by atoms with Gasteiger partial charge in [0.1, 0.15) is 5.60 Å². The van der Waals surface area contributed by atoms with Crippen molar-refractivity contribution < 1.29 is 9.26 Å². The molecule has 1 aromatic rings. The fraction of sp³-hybridized carbons (Fsp3) is 0.846. The van der Waals surface area contributed by atoms with Crippen LogP contribution in [0.5, 0.6) is 0 Å². The second-order valence-corrected chi connectivity index (χ2v) is 5.37. The molecule has 0 radical (unpaired) electrons. The molecule has 5 nitrogen and oxygen atoms in total. The third kappa shape index (κ3) is 2.57. The Morgan fingerprint density at radius 3 is 2.89 bits per heavy atom. The molecule has 102 valence electrons. The Morgan fingerprint density at radius 2 is 2.22 bits per heavy atom. The maximum Gasteiger partial charge on any atom is 0.231 e. The number of nitrogens with zero attached hydrogens (tertiary/aromatic N) is 2. The van der Waals surface area contributed by atoms with Crippen molar-refractivity contribution >= 4 is 0 Å². The van der Waals surface area contributed by atoms with Crippen molar-refractivity contribution in [3.05, 3.63) is 11.7 Å². The minimum Gasteiger partial charge on any atom is -0.371 e. The summed E-state index contributed by atoms with van der Waals surface area (Å²) in [6.07, 6.45) is 3.52. The van der Waals surface area contributed by atoms with Crippen LogP contribution < -0.4 is 5.32 Å². The summed E-state index contributed by atoms with van der Waals surface area (Å²) in [6, 6.07) is 0.467. The summed E-state index contributed by atoms with van der Waals surface area (Å²) in [5.41, 5.74) is -0.492. The molecular weight excluding hydrogens is 230 g/mol.